The van der Waals surface area contributed by atoms with Crippen molar-refractivity contribution in [3.8, 4) is 0 Å². The summed E-state index contributed by atoms with van der Waals surface area (Å²) in [5.41, 5.74) is 5.36. The second-order valence-electron chi connectivity index (χ2n) is 7.88. The molecule has 1 fully saturated rings. The Hall–Kier alpha value is -1.06. The number of nitrogens with one attached hydrogen (secondary N) is 1. The van der Waals surface area contributed by atoms with Gasteiger partial charge in [-0.2, -0.15) is 0 Å². The van der Waals surface area contributed by atoms with E-state index in [1.165, 1.54) is 25.7 Å². The van der Waals surface area contributed by atoms with E-state index in [0.29, 0.717) is 5.92 Å². The molecule has 0 aromatic carbocycles. The lowest BCUT2D eigenvalue weighted by Crippen LogP contribution is -2.48. The molecule has 1 saturated carbocycles. The zero-order valence-electron chi connectivity index (χ0n) is 14.8. The van der Waals surface area contributed by atoms with Crippen LogP contribution in [0.4, 0.5) is 0 Å². The number of amides is 2. The fourth-order valence-corrected chi connectivity index (χ4v) is 3.49. The summed E-state index contributed by atoms with van der Waals surface area (Å²) >= 11 is 0. The normalized spacial score (nSPS) is 18.9. The number of carbonyl (C=O) groups is 2. The number of nitrogens with two attached hydrogens (primary N) is 1. The molecule has 1 aliphatic rings. The van der Waals surface area contributed by atoms with Crippen molar-refractivity contribution >= 4 is 11.8 Å². The predicted octanol–water partition coefficient (Wildman–Crippen LogP) is 3.39. The molecule has 0 spiro atoms. The van der Waals surface area contributed by atoms with Crippen LogP contribution in [0.1, 0.15) is 79.1 Å². The molecular formula is C18H34N2O2. The zero-order valence-corrected chi connectivity index (χ0v) is 14.8. The summed E-state index contributed by atoms with van der Waals surface area (Å²) in [6, 6.07) is 0. The van der Waals surface area contributed by atoms with Crippen molar-refractivity contribution in [1.29, 1.82) is 0 Å². The highest BCUT2D eigenvalue weighted by Crippen LogP contribution is 2.34. The van der Waals surface area contributed by atoms with Crippen LogP contribution in [-0.2, 0) is 9.59 Å². The first kappa shape index (κ1) is 19.0. The lowest BCUT2D eigenvalue weighted by molar-refractivity contribution is -0.135. The Morgan fingerprint density at radius 3 is 2.23 bits per heavy atom. The fourth-order valence-electron chi connectivity index (χ4n) is 3.49. The van der Waals surface area contributed by atoms with Gasteiger partial charge in [-0.3, -0.25) is 9.59 Å². The maximum Gasteiger partial charge on any atom is 0.224 e. The molecule has 22 heavy (non-hydrogen) atoms. The lowest BCUT2D eigenvalue weighted by atomic mass is 9.79. The van der Waals surface area contributed by atoms with Crippen LogP contribution in [0.5, 0.6) is 0 Å². The van der Waals surface area contributed by atoms with Crippen molar-refractivity contribution in [1.82, 2.24) is 5.32 Å². The molecule has 0 aliphatic heterocycles. The summed E-state index contributed by atoms with van der Waals surface area (Å²) in [5, 5.41) is 3.06. The van der Waals surface area contributed by atoms with Gasteiger partial charge in [-0.25, -0.2) is 0 Å². The number of hydrogen-bond donors (Lipinski definition) is 2. The molecule has 0 radical (unpaired) electrons. The van der Waals surface area contributed by atoms with E-state index in [9.17, 15) is 9.59 Å². The molecule has 1 aliphatic carbocycles. The van der Waals surface area contributed by atoms with Crippen LogP contribution >= 0.6 is 0 Å². The molecule has 0 bridgehead atoms. The minimum atomic E-state index is -0.331. The molecule has 1 rings (SSSR count). The summed E-state index contributed by atoms with van der Waals surface area (Å²) in [7, 11) is 0. The van der Waals surface area contributed by atoms with Gasteiger partial charge in [-0.15, -0.1) is 0 Å². The quantitative estimate of drug-likeness (QED) is 0.721. The predicted molar refractivity (Wildman–Crippen MR) is 90.2 cm³/mol. The zero-order chi connectivity index (χ0) is 16.8. The first-order chi connectivity index (χ1) is 10.2. The van der Waals surface area contributed by atoms with Gasteiger partial charge in [0.1, 0.15) is 0 Å². The standard InChI is InChI=1S/C18H34N2O2/c1-5-6-11-14(16(19)21)15(12-13-9-7-8-10-13)17(22)20-18(2,3)4/h13-15H,5-12H2,1-4H3,(H2,19,21)(H,20,22)/t14-,15+/m0/s1. The minimum absolute atomic E-state index is 0.000645. The van der Waals surface area contributed by atoms with Crippen molar-refractivity contribution < 1.29 is 9.59 Å². The van der Waals surface area contributed by atoms with Crippen molar-refractivity contribution in [2.24, 2.45) is 23.5 Å². The van der Waals surface area contributed by atoms with Crippen molar-refractivity contribution in [3.63, 3.8) is 0 Å². The number of rotatable bonds is 8. The summed E-state index contributed by atoms with van der Waals surface area (Å²) < 4.78 is 0. The fraction of sp³-hybridized carbons (Fsp3) is 0.889. The number of hydrogen-bond acceptors (Lipinski definition) is 2. The Labute approximate surface area is 135 Å². The molecule has 128 valence electrons. The molecule has 0 aromatic rings. The Bertz CT molecular complexity index is 368. The smallest absolute Gasteiger partial charge is 0.224 e. The Morgan fingerprint density at radius 2 is 1.77 bits per heavy atom. The van der Waals surface area contributed by atoms with E-state index in [4.69, 9.17) is 5.73 Å². The molecule has 0 aromatic heterocycles. The first-order valence-electron chi connectivity index (χ1n) is 8.86. The summed E-state index contributed by atoms with van der Waals surface area (Å²) in [6.07, 6.45) is 8.33. The summed E-state index contributed by atoms with van der Waals surface area (Å²) in [4.78, 5) is 24.7. The SMILES string of the molecule is CCCC[C@H](C(N)=O)[C@@H](CC1CCCC1)C(=O)NC(C)(C)C. The molecule has 4 nitrogen and oxygen atoms in total. The number of primary amides is 1. The Balaban J connectivity index is 2.85. The molecule has 0 saturated heterocycles. The van der Waals surface area contributed by atoms with Crippen LogP contribution in [0.25, 0.3) is 0 Å². The maximum atomic E-state index is 12.7. The average molecular weight is 310 g/mol. The molecule has 2 amide bonds. The Morgan fingerprint density at radius 1 is 1.18 bits per heavy atom. The van der Waals surface area contributed by atoms with Crippen molar-refractivity contribution in [3.05, 3.63) is 0 Å². The molecule has 3 N–H and O–H groups in total. The lowest BCUT2D eigenvalue weighted by Gasteiger charge is -2.30. The van der Waals surface area contributed by atoms with Gasteiger partial charge in [0.2, 0.25) is 11.8 Å². The third-order valence-corrected chi connectivity index (χ3v) is 4.62. The molecule has 2 atom stereocenters. The monoisotopic (exact) mass is 310 g/mol. The molecule has 4 heteroatoms. The van der Waals surface area contributed by atoms with Crippen molar-refractivity contribution in [2.75, 3.05) is 0 Å². The third kappa shape index (κ3) is 6.37. The van der Waals surface area contributed by atoms with Gasteiger partial charge in [0, 0.05) is 17.4 Å². The number of unbranched alkanes of at least 4 members (excludes halogenated alkanes) is 1. The van der Waals surface area contributed by atoms with E-state index < -0.39 is 0 Å². The van der Waals surface area contributed by atoms with E-state index in [1.807, 2.05) is 20.8 Å². The van der Waals surface area contributed by atoms with Crippen LogP contribution < -0.4 is 11.1 Å². The second-order valence-corrected chi connectivity index (χ2v) is 7.88. The topological polar surface area (TPSA) is 72.2 Å². The van der Waals surface area contributed by atoms with Gasteiger partial charge in [0.25, 0.3) is 0 Å². The maximum absolute atomic E-state index is 12.7. The van der Waals surface area contributed by atoms with Gasteiger partial charge in [-0.1, -0.05) is 45.4 Å². The van der Waals surface area contributed by atoms with Gasteiger partial charge < -0.3 is 11.1 Å². The molecular weight excluding hydrogens is 276 g/mol. The van der Waals surface area contributed by atoms with E-state index in [0.717, 1.165) is 25.7 Å². The van der Waals surface area contributed by atoms with E-state index >= 15 is 0 Å². The van der Waals surface area contributed by atoms with Crippen LogP contribution in [0.3, 0.4) is 0 Å². The number of carbonyl (C=O) groups excluding carboxylic acids is 2. The molecule has 0 heterocycles. The average Bonchev–Trinajstić information content (AvgIpc) is 2.88. The van der Waals surface area contributed by atoms with Crippen LogP contribution in [0.2, 0.25) is 0 Å². The van der Waals surface area contributed by atoms with Crippen molar-refractivity contribution in [2.45, 2.75) is 84.6 Å². The van der Waals surface area contributed by atoms with Gasteiger partial charge in [-0.05, 0) is 39.5 Å². The highest BCUT2D eigenvalue weighted by molar-refractivity contribution is 5.87. The van der Waals surface area contributed by atoms with E-state index in [-0.39, 0.29) is 29.2 Å². The first-order valence-corrected chi connectivity index (χ1v) is 8.86. The van der Waals surface area contributed by atoms with Gasteiger partial charge in [0.15, 0.2) is 0 Å². The third-order valence-electron chi connectivity index (χ3n) is 4.62. The summed E-state index contributed by atoms with van der Waals surface area (Å²) in [6.45, 7) is 8.02. The van der Waals surface area contributed by atoms with Crippen LogP contribution in [0, 0.1) is 17.8 Å². The van der Waals surface area contributed by atoms with Gasteiger partial charge >= 0.3 is 0 Å². The largest absolute Gasteiger partial charge is 0.369 e. The highest BCUT2D eigenvalue weighted by atomic mass is 16.2. The minimum Gasteiger partial charge on any atom is -0.369 e. The van der Waals surface area contributed by atoms with Gasteiger partial charge in [0.05, 0.1) is 0 Å². The summed E-state index contributed by atoms with van der Waals surface area (Å²) in [5.74, 6) is -0.353. The molecule has 0 unspecified atom stereocenters. The Kier molecular flexibility index (Phi) is 7.37. The second kappa shape index (κ2) is 8.54. The van der Waals surface area contributed by atoms with Crippen LogP contribution in [0.15, 0.2) is 0 Å². The van der Waals surface area contributed by atoms with E-state index in [2.05, 4.69) is 12.2 Å². The van der Waals surface area contributed by atoms with Crippen LogP contribution in [-0.4, -0.2) is 17.4 Å². The highest BCUT2D eigenvalue weighted by Gasteiger charge is 2.35. The van der Waals surface area contributed by atoms with E-state index in [1.54, 1.807) is 0 Å².